The predicted molar refractivity (Wildman–Crippen MR) is 79.2 cm³/mol. The van der Waals surface area contributed by atoms with E-state index in [1.165, 1.54) is 4.68 Å². The molecular formula is C17H13N3O3. The van der Waals surface area contributed by atoms with Crippen molar-refractivity contribution in [1.82, 2.24) is 5.27 Å². The quantitative estimate of drug-likeness (QED) is 0.688. The third-order valence-corrected chi connectivity index (χ3v) is 3.78. The fourth-order valence-electron chi connectivity index (χ4n) is 2.70. The Morgan fingerprint density at radius 2 is 1.70 bits per heavy atom. The molecule has 1 aliphatic rings. The molecule has 1 aromatic heterocycles. The number of rotatable bonds is 3. The van der Waals surface area contributed by atoms with Gasteiger partial charge < -0.3 is 14.5 Å². The number of hydrogen-bond donors (Lipinski definition) is 0. The lowest BCUT2D eigenvalue weighted by Crippen LogP contribution is -2.39. The van der Waals surface area contributed by atoms with Crippen LogP contribution in [0.25, 0.3) is 5.69 Å². The third kappa shape index (κ3) is 2.34. The van der Waals surface area contributed by atoms with Crippen molar-refractivity contribution in [2.24, 2.45) is 5.16 Å². The Bertz CT molecular complexity index is 844. The van der Waals surface area contributed by atoms with Crippen LogP contribution in [0, 0.1) is 0 Å². The van der Waals surface area contributed by atoms with Gasteiger partial charge in [-0.2, -0.15) is 0 Å². The van der Waals surface area contributed by atoms with Crippen LogP contribution in [0.3, 0.4) is 0 Å². The highest BCUT2D eigenvalue weighted by Gasteiger charge is 2.37. The van der Waals surface area contributed by atoms with Gasteiger partial charge in [0.15, 0.2) is 5.95 Å². The summed E-state index contributed by atoms with van der Waals surface area (Å²) in [6.45, 7) is 0.285. The Morgan fingerprint density at radius 3 is 2.43 bits per heavy atom. The molecule has 0 bridgehead atoms. The molecule has 4 rings (SSSR count). The first kappa shape index (κ1) is 13.5. The largest absolute Gasteiger partial charge is 0.539 e. The van der Waals surface area contributed by atoms with E-state index in [0.29, 0.717) is 11.4 Å². The molecule has 6 nitrogen and oxygen atoms in total. The summed E-state index contributed by atoms with van der Waals surface area (Å²) in [5.74, 6) is -0.802. The van der Waals surface area contributed by atoms with Crippen LogP contribution in [0.1, 0.15) is 17.2 Å². The summed E-state index contributed by atoms with van der Waals surface area (Å²) in [6.07, 6.45) is 0. The monoisotopic (exact) mass is 307 g/mol. The Morgan fingerprint density at radius 1 is 1.00 bits per heavy atom. The van der Waals surface area contributed by atoms with Crippen molar-refractivity contribution in [3.05, 3.63) is 71.9 Å². The lowest BCUT2D eigenvalue weighted by atomic mass is 9.95. The highest BCUT2D eigenvalue weighted by molar-refractivity contribution is 6.05. The Balaban J connectivity index is 1.80. The van der Waals surface area contributed by atoms with Crippen molar-refractivity contribution in [3.8, 4) is 11.6 Å². The lowest BCUT2D eigenvalue weighted by Gasteiger charge is -2.07. The maximum absolute atomic E-state index is 12.2. The average molecular weight is 307 g/mol. The van der Waals surface area contributed by atoms with Crippen LogP contribution < -0.4 is 9.79 Å². The molecule has 0 radical (unpaired) electrons. The summed E-state index contributed by atoms with van der Waals surface area (Å²) in [5.41, 5.74) is 2.79. The molecule has 6 heteroatoms. The summed E-state index contributed by atoms with van der Waals surface area (Å²) in [4.78, 5) is 5.26. The number of aromatic nitrogens is 2. The minimum absolute atomic E-state index is 0.285. The molecule has 3 aromatic rings. The summed E-state index contributed by atoms with van der Waals surface area (Å²) < 4.78 is 6.41. The molecule has 0 amide bonds. The molecule has 0 spiro atoms. The first-order valence-corrected chi connectivity index (χ1v) is 7.24. The molecule has 0 saturated heterocycles. The second-order valence-electron chi connectivity index (χ2n) is 5.18. The van der Waals surface area contributed by atoms with Gasteiger partial charge in [0.25, 0.3) is 5.69 Å². The van der Waals surface area contributed by atoms with Gasteiger partial charge in [-0.1, -0.05) is 53.7 Å². The minimum Gasteiger partial charge on any atom is -0.539 e. The Labute approximate surface area is 132 Å². The van der Waals surface area contributed by atoms with Crippen LogP contribution in [0.2, 0.25) is 0 Å². The van der Waals surface area contributed by atoms with Gasteiger partial charge in [0.2, 0.25) is 5.69 Å². The van der Waals surface area contributed by atoms with E-state index in [9.17, 15) is 5.11 Å². The highest BCUT2D eigenvalue weighted by Crippen LogP contribution is 2.29. The molecule has 0 saturated carbocycles. The molecule has 1 unspecified atom stereocenters. The molecular weight excluding hydrogens is 294 g/mol. The second-order valence-corrected chi connectivity index (χ2v) is 5.18. The zero-order valence-electron chi connectivity index (χ0n) is 12.1. The Kier molecular flexibility index (Phi) is 3.27. The molecule has 0 aliphatic carbocycles. The first-order chi connectivity index (χ1) is 11.3. The van der Waals surface area contributed by atoms with Crippen molar-refractivity contribution in [3.63, 3.8) is 0 Å². The molecule has 2 heterocycles. The van der Waals surface area contributed by atoms with Crippen molar-refractivity contribution in [2.75, 3.05) is 6.61 Å². The number of para-hydroxylation sites is 1. The highest BCUT2D eigenvalue weighted by atomic mass is 16.6. The van der Waals surface area contributed by atoms with Crippen molar-refractivity contribution in [1.29, 1.82) is 0 Å². The van der Waals surface area contributed by atoms with Crippen molar-refractivity contribution >= 4 is 5.71 Å². The normalized spacial score (nSPS) is 16.9. The van der Waals surface area contributed by atoms with E-state index in [1.807, 2.05) is 60.7 Å². The van der Waals surface area contributed by atoms with Crippen LogP contribution in [0.4, 0.5) is 0 Å². The van der Waals surface area contributed by atoms with Gasteiger partial charge in [-0.15, -0.1) is 0 Å². The Hall–Kier alpha value is -3.15. The molecule has 0 N–H and O–H groups in total. The average Bonchev–Trinajstić information content (AvgIpc) is 3.22. The van der Waals surface area contributed by atoms with E-state index in [0.717, 1.165) is 11.3 Å². The molecule has 1 atom stereocenters. The maximum atomic E-state index is 12.2. The molecule has 114 valence electrons. The van der Waals surface area contributed by atoms with E-state index < -0.39 is 5.95 Å². The second kappa shape index (κ2) is 5.57. The van der Waals surface area contributed by atoms with E-state index in [-0.39, 0.29) is 12.5 Å². The standard InChI is InChI=1S/C17H13N3O3/c21-17-16(20(19-23-17)13-9-5-2-6-10-13)14-11-22-18-15(14)12-7-3-1-4-8-12/h1-10,14H,11H2. The molecule has 0 fully saturated rings. The third-order valence-electron chi connectivity index (χ3n) is 3.78. The molecule has 1 aliphatic heterocycles. The van der Waals surface area contributed by atoms with Gasteiger partial charge in [0, 0.05) is 17.7 Å². The number of benzene rings is 2. The van der Waals surface area contributed by atoms with Crippen molar-refractivity contribution in [2.45, 2.75) is 5.92 Å². The smallest absolute Gasteiger partial charge is 0.252 e. The van der Waals surface area contributed by atoms with Crippen LogP contribution >= 0.6 is 0 Å². The molecule has 23 heavy (non-hydrogen) atoms. The predicted octanol–water partition coefficient (Wildman–Crippen LogP) is 1.54. The summed E-state index contributed by atoms with van der Waals surface area (Å²) >= 11 is 0. The number of oxime groups is 1. The lowest BCUT2D eigenvalue weighted by molar-refractivity contribution is -0.678. The van der Waals surface area contributed by atoms with Gasteiger partial charge in [0.05, 0.1) is 5.27 Å². The van der Waals surface area contributed by atoms with Crippen LogP contribution in [0.15, 0.2) is 70.3 Å². The van der Waals surface area contributed by atoms with E-state index in [2.05, 4.69) is 10.4 Å². The van der Waals surface area contributed by atoms with E-state index in [1.54, 1.807) is 0 Å². The van der Waals surface area contributed by atoms with Gasteiger partial charge >= 0.3 is 0 Å². The number of hydrogen-bond acceptors (Lipinski definition) is 5. The topological polar surface area (TPSA) is 74.6 Å². The van der Waals surface area contributed by atoms with Gasteiger partial charge in [-0.25, -0.2) is 0 Å². The SMILES string of the molecule is [O-]c1on[n+](-c2ccccc2)c1C1CON=C1c1ccccc1. The van der Waals surface area contributed by atoms with Crippen LogP contribution in [-0.2, 0) is 4.84 Å². The fraction of sp³-hybridized carbons (Fsp3) is 0.118. The van der Waals surface area contributed by atoms with Crippen molar-refractivity contribution < 1.29 is 19.1 Å². The zero-order chi connectivity index (χ0) is 15.6. The van der Waals surface area contributed by atoms with Gasteiger partial charge in [-0.3, -0.25) is 0 Å². The first-order valence-electron chi connectivity index (χ1n) is 7.24. The van der Waals surface area contributed by atoms with Gasteiger partial charge in [0.1, 0.15) is 18.2 Å². The zero-order valence-corrected chi connectivity index (χ0v) is 12.1. The summed E-state index contributed by atoms with van der Waals surface area (Å²) in [5, 5.41) is 20.2. The van der Waals surface area contributed by atoms with Crippen LogP contribution in [0.5, 0.6) is 5.95 Å². The summed E-state index contributed by atoms with van der Waals surface area (Å²) in [6, 6.07) is 19.0. The van der Waals surface area contributed by atoms with Gasteiger partial charge in [-0.05, 0) is 4.68 Å². The fourth-order valence-corrected chi connectivity index (χ4v) is 2.70. The summed E-state index contributed by atoms with van der Waals surface area (Å²) in [7, 11) is 0. The number of nitrogens with zero attached hydrogens (tertiary/aromatic N) is 3. The van der Waals surface area contributed by atoms with E-state index >= 15 is 0 Å². The van der Waals surface area contributed by atoms with Crippen LogP contribution in [-0.4, -0.2) is 17.6 Å². The maximum Gasteiger partial charge on any atom is 0.252 e. The minimum atomic E-state index is -0.479. The van der Waals surface area contributed by atoms with E-state index in [4.69, 9.17) is 9.36 Å². The molecule has 2 aromatic carbocycles.